The topological polar surface area (TPSA) is 0 Å². The van der Waals surface area contributed by atoms with Crippen LogP contribution in [0.2, 0.25) is 66.4 Å². The molecule has 0 atom stereocenters. The molecule has 0 aromatic heterocycles. The first-order valence-electron chi connectivity index (χ1n) is 27.8. The molecule has 0 saturated carbocycles. The summed E-state index contributed by atoms with van der Waals surface area (Å²) >= 11 is 52.3. The summed E-state index contributed by atoms with van der Waals surface area (Å²) in [4.78, 5) is 0. The Morgan fingerprint density at radius 3 is 0.605 bits per heavy atom. The van der Waals surface area contributed by atoms with E-state index in [9.17, 15) is 0 Å². The van der Waals surface area contributed by atoms with Crippen LogP contribution < -0.4 is 24.8 Å². The monoisotopic (exact) mass is 1510 g/mol. The van der Waals surface area contributed by atoms with Gasteiger partial charge >= 0.3 is 83.7 Å². The Bertz CT molecular complexity index is 3620. The number of halogens is 10. The van der Waals surface area contributed by atoms with Gasteiger partial charge in [0.25, 0.3) is 0 Å². The van der Waals surface area contributed by atoms with E-state index in [1.54, 1.807) is 70.9 Å². The van der Waals surface area contributed by atoms with Gasteiger partial charge in [-0.25, -0.2) is 0 Å². The molecule has 0 radical (unpaired) electrons. The summed E-state index contributed by atoms with van der Waals surface area (Å²) in [5.41, 5.74) is 14.8. The van der Waals surface area contributed by atoms with Crippen LogP contribution in [-0.4, -0.2) is 10.9 Å². The first-order valence-corrected chi connectivity index (χ1v) is 43.2. The molecule has 14 heteroatoms. The Balaban J connectivity index is 0.000000199. The third-order valence-electron chi connectivity index (χ3n) is 13.6. The molecule has 0 nitrogen and oxygen atoms in total. The number of benzene rings is 8. The SMILES string of the molecule is CCc1cc2c(-c3cc(Cl)cc(Cl)c3)cccc2[cH-]1.CCc1cc2c(-c3cc(Cl)cc(Cl)c3)cccc2[cH-]1.CCc1cc2c(-c3cc(Cl)cc(Cl)c3)cccc2[cH-]1.CCc1cc2c(-c3cc(Cl)cc(Cl)c3)cccc2[cH-]1.C[Si](C)=[Zr+2].C[Si](C)=[Zr+2].[Cl-].[Cl-]. The van der Waals surface area contributed by atoms with Crippen molar-refractivity contribution in [1.82, 2.24) is 0 Å². The Morgan fingerprint density at radius 2 is 0.453 bits per heavy atom. The van der Waals surface area contributed by atoms with Gasteiger partial charge in [0.15, 0.2) is 0 Å². The van der Waals surface area contributed by atoms with Crippen molar-refractivity contribution in [2.75, 3.05) is 0 Å². The van der Waals surface area contributed by atoms with Crippen molar-refractivity contribution in [3.8, 4) is 44.5 Å². The van der Waals surface area contributed by atoms with E-state index >= 15 is 0 Å². The molecule has 12 rings (SSSR count). The molecule has 0 aliphatic carbocycles. The number of aryl methyl sites for hydroxylation is 4. The molecule has 12 aromatic rings. The Kier molecular flexibility index (Phi) is 30.8. The van der Waals surface area contributed by atoms with Gasteiger partial charge in [-0.2, -0.15) is 24.3 Å². The van der Waals surface area contributed by atoms with Gasteiger partial charge in [-0.05, 0) is 121 Å². The quantitative estimate of drug-likeness (QED) is 0.105. The molecule has 0 aliphatic rings. The number of hydrogen-bond acceptors (Lipinski definition) is 0. The number of fused-ring (bicyclic) bond motifs is 4. The van der Waals surface area contributed by atoms with Gasteiger partial charge in [0.2, 0.25) is 0 Å². The van der Waals surface area contributed by atoms with Gasteiger partial charge in [-0.1, -0.05) is 167 Å². The van der Waals surface area contributed by atoms with Crippen molar-refractivity contribution in [3.05, 3.63) is 257 Å². The van der Waals surface area contributed by atoms with Gasteiger partial charge in [0.1, 0.15) is 0 Å². The van der Waals surface area contributed by atoms with Crippen LogP contribution in [0.1, 0.15) is 49.9 Å². The Labute approximate surface area is 591 Å². The van der Waals surface area contributed by atoms with Gasteiger partial charge in [0, 0.05) is 40.2 Å². The van der Waals surface area contributed by atoms with Crippen LogP contribution in [0.3, 0.4) is 0 Å². The van der Waals surface area contributed by atoms with Crippen molar-refractivity contribution in [2.24, 2.45) is 0 Å². The van der Waals surface area contributed by atoms with E-state index in [0.29, 0.717) is 40.2 Å². The van der Waals surface area contributed by atoms with E-state index < -0.39 is 0 Å². The molecule has 0 spiro atoms. The third kappa shape index (κ3) is 21.2. The van der Waals surface area contributed by atoms with E-state index in [1.807, 2.05) is 48.5 Å². The minimum Gasteiger partial charge on any atom is -1.00 e. The van der Waals surface area contributed by atoms with Crippen LogP contribution in [0.25, 0.3) is 87.6 Å². The van der Waals surface area contributed by atoms with Gasteiger partial charge < -0.3 is 24.8 Å². The second-order valence-corrected chi connectivity index (χ2v) is 43.0. The summed E-state index contributed by atoms with van der Waals surface area (Å²) < 4.78 is 0. The summed E-state index contributed by atoms with van der Waals surface area (Å²) in [6.45, 7) is 17.9. The third-order valence-corrected chi connectivity index (χ3v) is 15.3. The van der Waals surface area contributed by atoms with E-state index in [4.69, 9.17) is 92.8 Å². The van der Waals surface area contributed by atoms with Crippen LogP contribution >= 0.6 is 92.8 Å². The smallest absolute Gasteiger partial charge is 1.00 e. The first-order chi connectivity index (χ1) is 40.1. The van der Waals surface area contributed by atoms with Crippen LogP contribution in [0.15, 0.2) is 194 Å². The summed E-state index contributed by atoms with van der Waals surface area (Å²) in [7, 11) is 0. The summed E-state index contributed by atoms with van der Waals surface area (Å²) in [5.74, 6) is 0. The fourth-order valence-electron chi connectivity index (χ4n) is 9.85. The molecule has 0 bridgehead atoms. The molecule has 0 aliphatic heterocycles. The second kappa shape index (κ2) is 35.8. The maximum absolute atomic E-state index is 6.10. The van der Waals surface area contributed by atoms with Crippen LogP contribution in [0.4, 0.5) is 0 Å². The van der Waals surface area contributed by atoms with Gasteiger partial charge in [-0.15, -0.1) is 138 Å². The molecule has 0 unspecified atom stereocenters. The fourth-order valence-corrected chi connectivity index (χ4v) is 12.0. The van der Waals surface area contributed by atoms with Gasteiger partial charge in [-0.3, -0.25) is 0 Å². The number of rotatable bonds is 8. The molecule has 0 amide bonds. The molecular formula is C72H64Cl10Si2Zr2-2. The molecule has 0 heterocycles. The molecule has 12 aromatic carbocycles. The average Bonchev–Trinajstić information content (AvgIpc) is 3.51. The van der Waals surface area contributed by atoms with E-state index in [0.717, 1.165) is 47.9 Å². The van der Waals surface area contributed by atoms with Crippen LogP contribution in [0.5, 0.6) is 0 Å². The summed E-state index contributed by atoms with van der Waals surface area (Å²) in [5, 5.41) is 15.5. The zero-order chi connectivity index (χ0) is 60.8. The molecular weight excluding hydrogens is 1460 g/mol. The van der Waals surface area contributed by atoms with Crippen molar-refractivity contribution < 1.29 is 71.5 Å². The zero-order valence-corrected chi connectivity index (χ0v) is 63.6. The van der Waals surface area contributed by atoms with E-state index in [2.05, 4.69) is 175 Å². The largest absolute Gasteiger partial charge is 1.00 e. The maximum atomic E-state index is 6.10. The Morgan fingerprint density at radius 1 is 0.291 bits per heavy atom. The van der Waals surface area contributed by atoms with E-state index in [-0.39, 0.29) is 35.7 Å². The fraction of sp³-hybridized carbons (Fsp3) is 0.167. The predicted molar refractivity (Wildman–Crippen MR) is 372 cm³/mol. The number of hydrogen-bond donors (Lipinski definition) is 0. The average molecular weight is 1520 g/mol. The molecule has 0 saturated heterocycles. The maximum Gasteiger partial charge on any atom is -1.00 e. The van der Waals surface area contributed by atoms with Crippen molar-refractivity contribution >= 4 is 147 Å². The first kappa shape index (κ1) is 74.0. The van der Waals surface area contributed by atoms with Crippen LogP contribution in [0, 0.1) is 0 Å². The minimum atomic E-state index is 0. The predicted octanol–water partition coefficient (Wildman–Crippen LogP) is 20.0. The molecule has 440 valence electrons. The van der Waals surface area contributed by atoms with E-state index in [1.165, 1.54) is 87.6 Å². The Hall–Kier alpha value is -2.70. The molecule has 86 heavy (non-hydrogen) atoms. The standard InChI is InChI=1S/4C17H13Cl2.2C2H6Si.2ClH.2Zr/c4*1-2-11-6-12-4-3-5-16(17(12)7-11)13-8-14(18)10-15(19)9-13;2*1-3-2;;;;/h4*3-10H,2H2,1H3;2*1-2H3;2*1H;;/q4*-1;;;;;2*+2/p-2. The molecule has 0 fully saturated rings. The van der Waals surface area contributed by atoms with Crippen LogP contribution in [-0.2, 0) is 72.4 Å². The minimum absolute atomic E-state index is 0. The summed E-state index contributed by atoms with van der Waals surface area (Å²) in [6, 6.07) is 66.0. The van der Waals surface area contributed by atoms with Crippen molar-refractivity contribution in [1.29, 1.82) is 0 Å². The summed E-state index contributed by atoms with van der Waals surface area (Å²) in [6.07, 6.45) is 4.18. The molecule has 0 N–H and O–H groups in total. The van der Waals surface area contributed by atoms with Gasteiger partial charge in [0.05, 0.1) is 0 Å². The van der Waals surface area contributed by atoms with Crippen molar-refractivity contribution in [2.45, 2.75) is 79.6 Å². The normalized spacial score (nSPS) is 10.5. The van der Waals surface area contributed by atoms with Crippen molar-refractivity contribution in [3.63, 3.8) is 0 Å². The second-order valence-electron chi connectivity index (χ2n) is 20.7. The zero-order valence-electron chi connectivity index (χ0n) is 49.1.